The third-order valence-electron chi connectivity index (χ3n) is 3.77. The van der Waals surface area contributed by atoms with E-state index in [1.54, 1.807) is 18.2 Å². The van der Waals surface area contributed by atoms with Crippen molar-refractivity contribution in [3.05, 3.63) is 29.3 Å². The standard InChI is InChI=1S/C17H21N3O2/c1-12(2)10-20-7-6-19(11-17(20)22)16-8-14(13(3)21)4-5-15(16)9-18/h4-5,8,12H,6-7,10-11H2,1-3H3. The molecule has 0 radical (unpaired) electrons. The summed E-state index contributed by atoms with van der Waals surface area (Å²) in [5.41, 5.74) is 1.73. The second-order valence-electron chi connectivity index (χ2n) is 6.06. The molecule has 0 aromatic heterocycles. The molecule has 116 valence electrons. The molecule has 1 saturated heterocycles. The van der Waals surface area contributed by atoms with Crippen LogP contribution in [0.3, 0.4) is 0 Å². The average molecular weight is 299 g/mol. The molecule has 1 fully saturated rings. The highest BCUT2D eigenvalue weighted by atomic mass is 16.2. The van der Waals surface area contributed by atoms with Gasteiger partial charge in [0.2, 0.25) is 5.91 Å². The molecule has 22 heavy (non-hydrogen) atoms. The number of anilines is 1. The molecule has 5 nitrogen and oxygen atoms in total. The number of nitrogens with zero attached hydrogens (tertiary/aromatic N) is 3. The maximum Gasteiger partial charge on any atom is 0.242 e. The summed E-state index contributed by atoms with van der Waals surface area (Å²) < 4.78 is 0. The van der Waals surface area contributed by atoms with Gasteiger partial charge in [-0.15, -0.1) is 0 Å². The maximum atomic E-state index is 12.3. The lowest BCUT2D eigenvalue weighted by Gasteiger charge is -2.36. The highest BCUT2D eigenvalue weighted by Crippen LogP contribution is 2.24. The third-order valence-corrected chi connectivity index (χ3v) is 3.77. The summed E-state index contributed by atoms with van der Waals surface area (Å²) >= 11 is 0. The second-order valence-corrected chi connectivity index (χ2v) is 6.06. The number of carbonyl (C=O) groups is 2. The Balaban J connectivity index is 2.23. The molecule has 0 saturated carbocycles. The number of carbonyl (C=O) groups excluding carboxylic acids is 2. The van der Waals surface area contributed by atoms with E-state index in [9.17, 15) is 14.9 Å². The van der Waals surface area contributed by atoms with Crippen LogP contribution in [0.2, 0.25) is 0 Å². The van der Waals surface area contributed by atoms with Crippen LogP contribution < -0.4 is 4.90 Å². The third kappa shape index (κ3) is 3.45. The van der Waals surface area contributed by atoms with Crippen LogP contribution in [-0.4, -0.2) is 42.8 Å². The fourth-order valence-corrected chi connectivity index (χ4v) is 2.65. The van der Waals surface area contributed by atoms with Gasteiger partial charge in [-0.25, -0.2) is 0 Å². The van der Waals surface area contributed by atoms with Crippen LogP contribution in [0.4, 0.5) is 5.69 Å². The number of piperazine rings is 1. The first kappa shape index (κ1) is 16.0. The van der Waals surface area contributed by atoms with Crippen molar-refractivity contribution in [3.8, 4) is 6.07 Å². The molecule has 0 spiro atoms. The van der Waals surface area contributed by atoms with Gasteiger partial charge in [0.05, 0.1) is 17.8 Å². The molecule has 1 heterocycles. The van der Waals surface area contributed by atoms with Crippen molar-refractivity contribution in [2.24, 2.45) is 5.92 Å². The van der Waals surface area contributed by atoms with E-state index in [1.165, 1.54) is 6.92 Å². The topological polar surface area (TPSA) is 64.4 Å². The number of hydrogen-bond acceptors (Lipinski definition) is 4. The van der Waals surface area contributed by atoms with Gasteiger partial charge in [0.15, 0.2) is 5.78 Å². The average Bonchev–Trinajstić information content (AvgIpc) is 2.48. The molecule has 0 unspecified atom stereocenters. The van der Waals surface area contributed by atoms with E-state index >= 15 is 0 Å². The van der Waals surface area contributed by atoms with Gasteiger partial charge < -0.3 is 9.80 Å². The van der Waals surface area contributed by atoms with Crippen LogP contribution >= 0.6 is 0 Å². The van der Waals surface area contributed by atoms with Crippen molar-refractivity contribution >= 4 is 17.4 Å². The van der Waals surface area contributed by atoms with Gasteiger partial charge in [-0.1, -0.05) is 13.8 Å². The Labute approximate surface area is 131 Å². The summed E-state index contributed by atoms with van der Waals surface area (Å²) in [7, 11) is 0. The van der Waals surface area contributed by atoms with Crippen LogP contribution in [0.25, 0.3) is 0 Å². The van der Waals surface area contributed by atoms with E-state index < -0.39 is 0 Å². The molecule has 2 rings (SSSR count). The minimum Gasteiger partial charge on any atom is -0.359 e. The molecule has 0 aliphatic carbocycles. The van der Waals surface area contributed by atoms with Gasteiger partial charge in [0, 0.05) is 25.2 Å². The fourth-order valence-electron chi connectivity index (χ4n) is 2.65. The Hall–Kier alpha value is -2.35. The van der Waals surface area contributed by atoms with Gasteiger partial charge in [-0.2, -0.15) is 5.26 Å². The van der Waals surface area contributed by atoms with Gasteiger partial charge in [-0.05, 0) is 31.0 Å². The first-order valence-corrected chi connectivity index (χ1v) is 7.50. The van der Waals surface area contributed by atoms with Crippen LogP contribution in [0.1, 0.15) is 36.7 Å². The summed E-state index contributed by atoms with van der Waals surface area (Å²) in [4.78, 5) is 27.6. The van der Waals surface area contributed by atoms with E-state index in [2.05, 4.69) is 19.9 Å². The lowest BCUT2D eigenvalue weighted by atomic mass is 10.1. The maximum absolute atomic E-state index is 12.3. The normalized spacial score (nSPS) is 15.1. The Morgan fingerprint density at radius 2 is 2.09 bits per heavy atom. The Morgan fingerprint density at radius 3 is 2.64 bits per heavy atom. The summed E-state index contributed by atoms with van der Waals surface area (Å²) in [6.45, 7) is 8.00. The van der Waals surface area contributed by atoms with Crippen molar-refractivity contribution in [1.29, 1.82) is 5.26 Å². The van der Waals surface area contributed by atoms with Crippen LogP contribution in [0, 0.1) is 17.2 Å². The zero-order valence-electron chi connectivity index (χ0n) is 13.3. The zero-order valence-corrected chi connectivity index (χ0v) is 13.3. The van der Waals surface area contributed by atoms with E-state index in [-0.39, 0.29) is 18.2 Å². The Kier molecular flexibility index (Phi) is 4.81. The molecule has 1 aromatic carbocycles. The zero-order chi connectivity index (χ0) is 16.3. The number of hydrogen-bond donors (Lipinski definition) is 0. The van der Waals surface area contributed by atoms with Crippen molar-refractivity contribution in [3.63, 3.8) is 0 Å². The smallest absolute Gasteiger partial charge is 0.242 e. The van der Waals surface area contributed by atoms with Crippen molar-refractivity contribution < 1.29 is 9.59 Å². The van der Waals surface area contributed by atoms with E-state index in [4.69, 9.17) is 0 Å². The van der Waals surface area contributed by atoms with Crippen LogP contribution in [0.5, 0.6) is 0 Å². The van der Waals surface area contributed by atoms with Gasteiger partial charge in [0.1, 0.15) is 6.07 Å². The number of amides is 1. The number of nitriles is 1. The van der Waals surface area contributed by atoms with Crippen molar-refractivity contribution in [1.82, 2.24) is 4.90 Å². The molecule has 0 N–H and O–H groups in total. The number of benzene rings is 1. The molecule has 1 aromatic rings. The predicted molar refractivity (Wildman–Crippen MR) is 84.8 cm³/mol. The van der Waals surface area contributed by atoms with Crippen LogP contribution in [0.15, 0.2) is 18.2 Å². The van der Waals surface area contributed by atoms with Crippen LogP contribution in [-0.2, 0) is 4.79 Å². The molecular formula is C17H21N3O2. The number of Topliss-reactive ketones (excluding diaryl/α,β-unsaturated/α-hetero) is 1. The number of rotatable bonds is 4. The lowest BCUT2D eigenvalue weighted by Crippen LogP contribution is -2.51. The van der Waals surface area contributed by atoms with Gasteiger partial charge in [0.25, 0.3) is 0 Å². The van der Waals surface area contributed by atoms with Crippen molar-refractivity contribution in [2.45, 2.75) is 20.8 Å². The largest absolute Gasteiger partial charge is 0.359 e. The predicted octanol–water partition coefficient (Wildman–Crippen LogP) is 2.07. The van der Waals surface area contributed by atoms with Crippen molar-refractivity contribution in [2.75, 3.05) is 31.1 Å². The molecular weight excluding hydrogens is 278 g/mol. The minimum atomic E-state index is -0.0458. The van der Waals surface area contributed by atoms with Gasteiger partial charge >= 0.3 is 0 Å². The minimum absolute atomic E-state index is 0.0458. The monoisotopic (exact) mass is 299 g/mol. The molecule has 0 atom stereocenters. The molecule has 1 aliphatic rings. The molecule has 1 amide bonds. The molecule has 1 aliphatic heterocycles. The Morgan fingerprint density at radius 1 is 1.36 bits per heavy atom. The van der Waals surface area contributed by atoms with E-state index in [1.807, 2.05) is 9.80 Å². The summed E-state index contributed by atoms with van der Waals surface area (Å²) in [5.74, 6) is 0.457. The number of ketones is 1. The molecule has 0 bridgehead atoms. The first-order chi connectivity index (χ1) is 10.4. The Bertz CT molecular complexity index is 631. The highest BCUT2D eigenvalue weighted by molar-refractivity contribution is 5.95. The summed E-state index contributed by atoms with van der Waals surface area (Å²) in [6, 6.07) is 7.16. The fraction of sp³-hybridized carbons (Fsp3) is 0.471. The van der Waals surface area contributed by atoms with E-state index in [0.717, 1.165) is 6.54 Å². The molecule has 5 heteroatoms. The first-order valence-electron chi connectivity index (χ1n) is 7.50. The summed E-state index contributed by atoms with van der Waals surface area (Å²) in [5, 5.41) is 9.26. The quantitative estimate of drug-likeness (QED) is 0.798. The highest BCUT2D eigenvalue weighted by Gasteiger charge is 2.26. The lowest BCUT2D eigenvalue weighted by molar-refractivity contribution is -0.131. The summed E-state index contributed by atoms with van der Waals surface area (Å²) in [6.07, 6.45) is 0. The SMILES string of the molecule is CC(=O)c1ccc(C#N)c(N2CCN(CC(C)C)C(=O)C2)c1. The second kappa shape index (κ2) is 6.61. The van der Waals surface area contributed by atoms with Gasteiger partial charge in [-0.3, -0.25) is 9.59 Å². The van der Waals surface area contributed by atoms with E-state index in [0.29, 0.717) is 35.8 Å².